The molecule has 0 aromatic heterocycles. The third-order valence-electron chi connectivity index (χ3n) is 6.32. The average Bonchev–Trinajstić information content (AvgIpc) is 2.69. The van der Waals surface area contributed by atoms with Crippen molar-refractivity contribution in [1.29, 1.82) is 0 Å². The molecule has 2 aliphatic rings. The number of fused-ring (bicyclic) bond motifs is 1. The Morgan fingerprint density at radius 3 is 2.07 bits per heavy atom. The summed E-state index contributed by atoms with van der Waals surface area (Å²) in [6, 6.07) is 22.3. The number of carbonyl (C=O) groups is 1. The van der Waals surface area contributed by atoms with Crippen LogP contribution in [0, 0.1) is 11.8 Å². The van der Waals surface area contributed by atoms with Crippen LogP contribution < -0.4 is 0 Å². The van der Waals surface area contributed by atoms with E-state index in [4.69, 9.17) is 0 Å². The molecular formula is C23H28ClNO2. The lowest BCUT2D eigenvalue weighted by atomic mass is 9.72. The standard InChI is InChI=1S/C23H27NO2.ClH/c25-23(26)20-11-12-21-15-19(13-14-24(21)16-20)22(17-7-3-1-4-8-17)18-9-5-2-6-10-18;/h1-10,19-22H,11-16H2,(H,25,26);1H/t19-,20+,21?;/m0./s1. The van der Waals surface area contributed by atoms with Crippen molar-refractivity contribution in [1.82, 2.24) is 4.90 Å². The van der Waals surface area contributed by atoms with Crippen LogP contribution in [0.4, 0.5) is 0 Å². The van der Waals surface area contributed by atoms with Gasteiger partial charge in [0.25, 0.3) is 0 Å². The maximum Gasteiger partial charge on any atom is 0.307 e. The Kier molecular flexibility index (Phi) is 6.56. The summed E-state index contributed by atoms with van der Waals surface area (Å²) >= 11 is 0. The number of aliphatic carboxylic acids is 1. The van der Waals surface area contributed by atoms with Crippen LogP contribution in [-0.4, -0.2) is 35.1 Å². The molecule has 3 atom stereocenters. The van der Waals surface area contributed by atoms with Crippen molar-refractivity contribution >= 4 is 18.4 Å². The Hall–Kier alpha value is -1.84. The Bertz CT molecular complexity index is 697. The van der Waals surface area contributed by atoms with Crippen molar-refractivity contribution < 1.29 is 9.90 Å². The van der Waals surface area contributed by atoms with E-state index in [1.807, 2.05) is 0 Å². The fourth-order valence-electron chi connectivity index (χ4n) is 5.00. The van der Waals surface area contributed by atoms with Crippen molar-refractivity contribution in [2.24, 2.45) is 11.8 Å². The zero-order valence-electron chi connectivity index (χ0n) is 15.5. The van der Waals surface area contributed by atoms with E-state index in [-0.39, 0.29) is 18.3 Å². The summed E-state index contributed by atoms with van der Waals surface area (Å²) in [6.07, 6.45) is 4.15. The number of hydrogen-bond donors (Lipinski definition) is 1. The number of carboxylic acid groups (broad SMARTS) is 1. The molecular weight excluding hydrogens is 358 g/mol. The maximum absolute atomic E-state index is 11.3. The van der Waals surface area contributed by atoms with Gasteiger partial charge in [-0.1, -0.05) is 60.7 Å². The van der Waals surface area contributed by atoms with Gasteiger partial charge in [0.2, 0.25) is 0 Å². The maximum atomic E-state index is 11.3. The molecule has 2 heterocycles. The highest BCUT2D eigenvalue weighted by Gasteiger charge is 2.38. The highest BCUT2D eigenvalue weighted by molar-refractivity contribution is 5.85. The van der Waals surface area contributed by atoms with Crippen LogP contribution in [0.3, 0.4) is 0 Å². The first-order valence-electron chi connectivity index (χ1n) is 9.79. The normalized spacial score (nSPS) is 25.4. The van der Waals surface area contributed by atoms with Crippen LogP contribution in [0.1, 0.15) is 42.7 Å². The van der Waals surface area contributed by atoms with Crippen LogP contribution in [0.5, 0.6) is 0 Å². The third-order valence-corrected chi connectivity index (χ3v) is 6.32. The van der Waals surface area contributed by atoms with Gasteiger partial charge < -0.3 is 5.11 Å². The third kappa shape index (κ3) is 4.36. The van der Waals surface area contributed by atoms with Gasteiger partial charge in [-0.05, 0) is 49.3 Å². The summed E-state index contributed by atoms with van der Waals surface area (Å²) in [5.74, 6) is 0.234. The molecule has 4 heteroatoms. The van der Waals surface area contributed by atoms with Gasteiger partial charge in [0.15, 0.2) is 0 Å². The van der Waals surface area contributed by atoms with Crippen LogP contribution in [0.25, 0.3) is 0 Å². The Labute approximate surface area is 167 Å². The van der Waals surface area contributed by atoms with Crippen molar-refractivity contribution in [3.8, 4) is 0 Å². The van der Waals surface area contributed by atoms with Crippen LogP contribution in [0.2, 0.25) is 0 Å². The number of carboxylic acids is 1. The number of hydrogen-bond acceptors (Lipinski definition) is 2. The zero-order valence-corrected chi connectivity index (χ0v) is 16.4. The number of benzene rings is 2. The minimum absolute atomic E-state index is 0. The zero-order chi connectivity index (χ0) is 17.9. The molecule has 2 aromatic rings. The minimum atomic E-state index is -0.628. The summed E-state index contributed by atoms with van der Waals surface area (Å²) in [4.78, 5) is 13.8. The lowest BCUT2D eigenvalue weighted by molar-refractivity contribution is -0.144. The average molecular weight is 386 g/mol. The molecule has 2 aliphatic heterocycles. The van der Waals surface area contributed by atoms with Gasteiger partial charge in [-0.2, -0.15) is 0 Å². The topological polar surface area (TPSA) is 40.5 Å². The molecule has 0 saturated carbocycles. The largest absolute Gasteiger partial charge is 0.481 e. The van der Waals surface area contributed by atoms with Gasteiger partial charge in [-0.25, -0.2) is 0 Å². The molecule has 1 unspecified atom stereocenters. The summed E-state index contributed by atoms with van der Waals surface area (Å²) in [5, 5.41) is 9.34. The van der Waals surface area contributed by atoms with Crippen LogP contribution >= 0.6 is 12.4 Å². The van der Waals surface area contributed by atoms with E-state index in [2.05, 4.69) is 65.6 Å². The number of nitrogens with zero attached hydrogens (tertiary/aromatic N) is 1. The Morgan fingerprint density at radius 1 is 0.926 bits per heavy atom. The predicted molar refractivity (Wildman–Crippen MR) is 110 cm³/mol. The van der Waals surface area contributed by atoms with Gasteiger partial charge in [-0.3, -0.25) is 9.69 Å². The molecule has 0 aliphatic carbocycles. The molecule has 1 N–H and O–H groups in total. The van der Waals surface area contributed by atoms with Gasteiger partial charge in [0, 0.05) is 18.5 Å². The monoisotopic (exact) mass is 385 g/mol. The summed E-state index contributed by atoms with van der Waals surface area (Å²) in [6.45, 7) is 1.75. The smallest absolute Gasteiger partial charge is 0.307 e. The molecule has 2 aromatic carbocycles. The molecule has 0 radical (unpaired) electrons. The molecule has 144 valence electrons. The van der Waals surface area contributed by atoms with E-state index in [1.165, 1.54) is 17.5 Å². The van der Waals surface area contributed by atoms with Gasteiger partial charge in [-0.15, -0.1) is 12.4 Å². The molecule has 3 nitrogen and oxygen atoms in total. The summed E-state index contributed by atoms with van der Waals surface area (Å²) in [7, 11) is 0. The van der Waals surface area contributed by atoms with Crippen molar-refractivity contribution in [3.63, 3.8) is 0 Å². The van der Waals surface area contributed by atoms with Crippen molar-refractivity contribution in [3.05, 3.63) is 71.8 Å². The van der Waals surface area contributed by atoms with Crippen LogP contribution in [-0.2, 0) is 4.79 Å². The molecule has 2 saturated heterocycles. The van der Waals surface area contributed by atoms with E-state index < -0.39 is 5.97 Å². The lowest BCUT2D eigenvalue weighted by Crippen LogP contribution is -2.50. The second-order valence-corrected chi connectivity index (χ2v) is 7.84. The van der Waals surface area contributed by atoms with Crippen molar-refractivity contribution in [2.45, 2.75) is 37.6 Å². The number of rotatable bonds is 4. The minimum Gasteiger partial charge on any atom is -0.481 e. The first-order chi connectivity index (χ1) is 12.7. The van der Waals surface area contributed by atoms with Gasteiger partial charge >= 0.3 is 5.97 Å². The molecule has 0 amide bonds. The van der Waals surface area contributed by atoms with E-state index in [9.17, 15) is 9.90 Å². The molecule has 2 fully saturated rings. The summed E-state index contributed by atoms with van der Waals surface area (Å²) < 4.78 is 0. The lowest BCUT2D eigenvalue weighted by Gasteiger charge is -2.46. The fourth-order valence-corrected chi connectivity index (χ4v) is 5.00. The van der Waals surface area contributed by atoms with E-state index >= 15 is 0 Å². The van der Waals surface area contributed by atoms with Gasteiger partial charge in [0.05, 0.1) is 5.92 Å². The highest BCUT2D eigenvalue weighted by atomic mass is 35.5. The Balaban J connectivity index is 0.00000210. The Morgan fingerprint density at radius 2 is 1.52 bits per heavy atom. The highest BCUT2D eigenvalue weighted by Crippen LogP contribution is 2.42. The van der Waals surface area contributed by atoms with Gasteiger partial charge in [0.1, 0.15) is 0 Å². The number of halogens is 1. The molecule has 27 heavy (non-hydrogen) atoms. The molecule has 0 spiro atoms. The fraction of sp³-hybridized carbons (Fsp3) is 0.435. The first kappa shape index (κ1) is 19.9. The van der Waals surface area contributed by atoms with Crippen molar-refractivity contribution in [2.75, 3.05) is 13.1 Å². The summed E-state index contributed by atoms with van der Waals surface area (Å²) in [5.41, 5.74) is 2.80. The van der Waals surface area contributed by atoms with E-state index in [0.717, 1.165) is 32.4 Å². The van der Waals surface area contributed by atoms with Crippen LogP contribution in [0.15, 0.2) is 60.7 Å². The van der Waals surface area contributed by atoms with E-state index in [0.29, 0.717) is 17.9 Å². The second-order valence-electron chi connectivity index (χ2n) is 7.84. The quantitative estimate of drug-likeness (QED) is 0.820. The SMILES string of the molecule is Cl.O=C(O)[C@@H]1CCC2C[C@@H](C(c3ccccc3)c3ccccc3)CCN2C1. The molecule has 4 rings (SSSR count). The predicted octanol–water partition coefficient (Wildman–Crippen LogP) is 4.82. The first-order valence-corrected chi connectivity index (χ1v) is 9.79. The second kappa shape index (κ2) is 8.90. The molecule has 0 bridgehead atoms. The number of piperidine rings is 2. The van der Waals surface area contributed by atoms with E-state index in [1.54, 1.807) is 0 Å².